The second-order valence-electron chi connectivity index (χ2n) is 5.72. The molecule has 5 nitrogen and oxygen atoms in total. The topological polar surface area (TPSA) is 75.6 Å². The van der Waals surface area contributed by atoms with E-state index < -0.39 is 11.4 Å². The van der Waals surface area contributed by atoms with E-state index in [2.05, 4.69) is 5.32 Å². The lowest BCUT2D eigenvalue weighted by atomic mass is 9.78. The van der Waals surface area contributed by atoms with Gasteiger partial charge in [0.25, 0.3) is 0 Å². The SMILES string of the molecule is COc1cccc(C2(C(=O)NCCSCC(=O)O)CCCC2)c1. The first kappa shape index (κ1) is 17.7. The number of carbonyl (C=O) groups excluding carboxylic acids is 1. The minimum absolute atomic E-state index is 0.0409. The van der Waals surface area contributed by atoms with Gasteiger partial charge < -0.3 is 15.2 Å². The lowest BCUT2D eigenvalue weighted by Gasteiger charge is -2.28. The van der Waals surface area contributed by atoms with Crippen molar-refractivity contribution in [2.75, 3.05) is 25.2 Å². The van der Waals surface area contributed by atoms with Crippen molar-refractivity contribution < 1.29 is 19.4 Å². The highest BCUT2D eigenvalue weighted by Gasteiger charge is 2.42. The maximum absolute atomic E-state index is 12.8. The molecule has 126 valence electrons. The fourth-order valence-corrected chi connectivity index (χ4v) is 3.68. The normalized spacial score (nSPS) is 16.0. The zero-order valence-electron chi connectivity index (χ0n) is 13.3. The molecule has 1 aromatic carbocycles. The Morgan fingerprint density at radius 3 is 2.74 bits per heavy atom. The van der Waals surface area contributed by atoms with E-state index in [-0.39, 0.29) is 11.7 Å². The molecule has 0 unspecified atom stereocenters. The second-order valence-corrected chi connectivity index (χ2v) is 6.83. The fraction of sp³-hybridized carbons (Fsp3) is 0.529. The summed E-state index contributed by atoms with van der Waals surface area (Å²) in [6.07, 6.45) is 3.76. The number of benzene rings is 1. The lowest BCUT2D eigenvalue weighted by Crippen LogP contribution is -2.43. The third kappa shape index (κ3) is 4.41. The Balaban J connectivity index is 2.02. The van der Waals surface area contributed by atoms with Crippen molar-refractivity contribution >= 4 is 23.6 Å². The van der Waals surface area contributed by atoms with E-state index in [9.17, 15) is 9.59 Å². The predicted molar refractivity (Wildman–Crippen MR) is 91.1 cm³/mol. The van der Waals surface area contributed by atoms with Crippen molar-refractivity contribution in [1.29, 1.82) is 0 Å². The Bertz CT molecular complexity index is 555. The summed E-state index contributed by atoms with van der Waals surface area (Å²) in [7, 11) is 1.63. The molecule has 0 spiro atoms. The summed E-state index contributed by atoms with van der Waals surface area (Å²) in [5.41, 5.74) is 0.525. The van der Waals surface area contributed by atoms with E-state index in [0.29, 0.717) is 12.3 Å². The zero-order chi connectivity index (χ0) is 16.7. The van der Waals surface area contributed by atoms with Gasteiger partial charge in [-0.3, -0.25) is 9.59 Å². The van der Waals surface area contributed by atoms with Gasteiger partial charge in [-0.05, 0) is 30.5 Å². The summed E-state index contributed by atoms with van der Waals surface area (Å²) >= 11 is 1.31. The molecule has 1 aliphatic rings. The minimum Gasteiger partial charge on any atom is -0.497 e. The summed E-state index contributed by atoms with van der Waals surface area (Å²) < 4.78 is 5.28. The van der Waals surface area contributed by atoms with Crippen LogP contribution in [-0.4, -0.2) is 42.1 Å². The Morgan fingerprint density at radius 2 is 2.09 bits per heavy atom. The highest BCUT2D eigenvalue weighted by Crippen LogP contribution is 2.42. The van der Waals surface area contributed by atoms with E-state index in [1.165, 1.54) is 11.8 Å². The van der Waals surface area contributed by atoms with Gasteiger partial charge in [-0.25, -0.2) is 0 Å². The number of amides is 1. The summed E-state index contributed by atoms with van der Waals surface area (Å²) in [5, 5.41) is 11.6. The molecule has 0 saturated heterocycles. The number of methoxy groups -OCH3 is 1. The molecular weight excluding hydrogens is 314 g/mol. The van der Waals surface area contributed by atoms with Crippen LogP contribution in [0.25, 0.3) is 0 Å². The van der Waals surface area contributed by atoms with E-state index in [4.69, 9.17) is 9.84 Å². The van der Waals surface area contributed by atoms with Crippen LogP contribution in [0.4, 0.5) is 0 Å². The Morgan fingerprint density at radius 1 is 1.35 bits per heavy atom. The molecule has 1 aliphatic carbocycles. The standard InChI is InChI=1S/C17H23NO4S/c1-22-14-6-4-5-13(11-14)17(7-2-3-8-17)16(21)18-9-10-23-12-15(19)20/h4-6,11H,2-3,7-10,12H2,1H3,(H,18,21)(H,19,20). The number of carboxylic acids is 1. The Kier molecular flexibility index (Phi) is 6.33. The number of ether oxygens (including phenoxy) is 1. The van der Waals surface area contributed by atoms with Crippen LogP contribution in [0.1, 0.15) is 31.2 Å². The van der Waals surface area contributed by atoms with E-state index in [1.807, 2.05) is 24.3 Å². The highest BCUT2D eigenvalue weighted by atomic mass is 32.2. The molecule has 23 heavy (non-hydrogen) atoms. The van der Waals surface area contributed by atoms with Gasteiger partial charge in [0.15, 0.2) is 0 Å². The van der Waals surface area contributed by atoms with Crippen molar-refractivity contribution in [3.63, 3.8) is 0 Å². The van der Waals surface area contributed by atoms with Gasteiger partial charge in [0.05, 0.1) is 18.3 Å². The first-order valence-electron chi connectivity index (χ1n) is 7.81. The van der Waals surface area contributed by atoms with Crippen LogP contribution >= 0.6 is 11.8 Å². The van der Waals surface area contributed by atoms with Crippen molar-refractivity contribution in [1.82, 2.24) is 5.32 Å². The molecule has 0 aromatic heterocycles. The number of nitrogens with one attached hydrogen (secondary N) is 1. The third-order valence-electron chi connectivity index (χ3n) is 4.27. The van der Waals surface area contributed by atoms with E-state index in [1.54, 1.807) is 7.11 Å². The summed E-state index contributed by atoms with van der Waals surface area (Å²) in [6, 6.07) is 7.74. The maximum atomic E-state index is 12.8. The molecule has 0 radical (unpaired) electrons. The molecule has 1 saturated carbocycles. The largest absolute Gasteiger partial charge is 0.497 e. The van der Waals surface area contributed by atoms with Gasteiger partial charge in [-0.2, -0.15) is 0 Å². The first-order chi connectivity index (χ1) is 11.1. The molecule has 6 heteroatoms. The van der Waals surface area contributed by atoms with Crippen LogP contribution in [0.5, 0.6) is 5.75 Å². The van der Waals surface area contributed by atoms with Gasteiger partial charge in [0.2, 0.25) is 5.91 Å². The molecular formula is C17H23NO4S. The van der Waals surface area contributed by atoms with Crippen molar-refractivity contribution in [2.45, 2.75) is 31.1 Å². The minimum atomic E-state index is -0.829. The number of aliphatic carboxylic acids is 1. The quantitative estimate of drug-likeness (QED) is 0.713. The maximum Gasteiger partial charge on any atom is 0.313 e. The van der Waals surface area contributed by atoms with Crippen molar-refractivity contribution in [3.05, 3.63) is 29.8 Å². The number of hydrogen-bond acceptors (Lipinski definition) is 4. The molecule has 2 N–H and O–H groups in total. The van der Waals surface area contributed by atoms with Crippen LogP contribution in [0.3, 0.4) is 0 Å². The molecule has 0 heterocycles. The monoisotopic (exact) mass is 337 g/mol. The van der Waals surface area contributed by atoms with Gasteiger partial charge in [-0.1, -0.05) is 25.0 Å². The second kappa shape index (κ2) is 8.24. The zero-order valence-corrected chi connectivity index (χ0v) is 14.2. The fourth-order valence-electron chi connectivity index (χ4n) is 3.11. The average Bonchev–Trinajstić information content (AvgIpc) is 3.05. The van der Waals surface area contributed by atoms with Gasteiger partial charge in [-0.15, -0.1) is 11.8 Å². The molecule has 0 bridgehead atoms. The van der Waals surface area contributed by atoms with Crippen LogP contribution in [0, 0.1) is 0 Å². The summed E-state index contributed by atoms with van der Waals surface area (Å²) in [6.45, 7) is 0.489. The Hall–Kier alpha value is -1.69. The summed E-state index contributed by atoms with van der Waals surface area (Å²) in [4.78, 5) is 23.3. The predicted octanol–water partition coefficient (Wildman–Crippen LogP) is 2.44. The molecule has 0 atom stereocenters. The molecule has 1 fully saturated rings. The smallest absolute Gasteiger partial charge is 0.313 e. The molecule has 1 aromatic rings. The van der Waals surface area contributed by atoms with Gasteiger partial charge >= 0.3 is 5.97 Å². The molecule has 1 amide bonds. The van der Waals surface area contributed by atoms with E-state index >= 15 is 0 Å². The molecule has 0 aliphatic heterocycles. The van der Waals surface area contributed by atoms with Crippen LogP contribution in [-0.2, 0) is 15.0 Å². The van der Waals surface area contributed by atoms with Crippen LogP contribution < -0.4 is 10.1 Å². The average molecular weight is 337 g/mol. The number of hydrogen-bond donors (Lipinski definition) is 2. The lowest BCUT2D eigenvalue weighted by molar-refractivity contribution is -0.134. The number of rotatable bonds is 8. The van der Waals surface area contributed by atoms with Gasteiger partial charge in [0.1, 0.15) is 5.75 Å². The third-order valence-corrected chi connectivity index (χ3v) is 5.22. The van der Waals surface area contributed by atoms with Crippen LogP contribution in [0.15, 0.2) is 24.3 Å². The number of carboxylic acid groups (broad SMARTS) is 1. The number of carbonyl (C=O) groups is 2. The van der Waals surface area contributed by atoms with E-state index in [0.717, 1.165) is 37.0 Å². The van der Waals surface area contributed by atoms with Crippen molar-refractivity contribution in [2.24, 2.45) is 0 Å². The van der Waals surface area contributed by atoms with Crippen molar-refractivity contribution in [3.8, 4) is 5.75 Å². The van der Waals surface area contributed by atoms with Crippen LogP contribution in [0.2, 0.25) is 0 Å². The molecule has 2 rings (SSSR count). The Labute approximate surface area is 140 Å². The first-order valence-corrected chi connectivity index (χ1v) is 8.96. The van der Waals surface area contributed by atoms with Gasteiger partial charge in [0, 0.05) is 12.3 Å². The number of thioether (sulfide) groups is 1. The highest BCUT2D eigenvalue weighted by molar-refractivity contribution is 7.99. The summed E-state index contributed by atoms with van der Waals surface area (Å²) in [5.74, 6) is 0.645.